The Kier molecular flexibility index (Phi) is 4.87. The Bertz CT molecular complexity index is 687. The fourth-order valence-electron chi connectivity index (χ4n) is 1.62. The minimum atomic E-state index is -0.774. The van der Waals surface area contributed by atoms with E-state index in [9.17, 15) is 14.9 Å². The number of nitrogens with zero attached hydrogens (tertiary/aromatic N) is 2. The molecular weight excluding hydrogens is 316 g/mol. The second-order valence-electron chi connectivity index (χ2n) is 4.08. The van der Waals surface area contributed by atoms with E-state index in [2.05, 4.69) is 4.98 Å². The summed E-state index contributed by atoms with van der Waals surface area (Å²) in [5.41, 5.74) is 0.122. The standard InChI is InChI=1S/C13H11ClN2O4S/c1-2-12-15-9(7-21-12)6-20-13(17)10-4-3-8(14)5-11(10)16(18)19/h3-5,7H,2,6H2,1H3. The highest BCUT2D eigenvalue weighted by Crippen LogP contribution is 2.24. The molecule has 2 rings (SSSR count). The largest absolute Gasteiger partial charge is 0.455 e. The van der Waals surface area contributed by atoms with Gasteiger partial charge in [-0.3, -0.25) is 10.1 Å². The SMILES string of the molecule is CCc1nc(COC(=O)c2ccc(Cl)cc2[N+](=O)[O-])cs1. The van der Waals surface area contributed by atoms with Gasteiger partial charge in [0.25, 0.3) is 5.69 Å². The Morgan fingerprint density at radius 2 is 2.29 bits per heavy atom. The molecule has 1 aromatic carbocycles. The molecule has 21 heavy (non-hydrogen) atoms. The summed E-state index contributed by atoms with van der Waals surface area (Å²) in [5.74, 6) is -0.774. The molecule has 110 valence electrons. The van der Waals surface area contributed by atoms with Gasteiger partial charge in [-0.05, 0) is 18.6 Å². The zero-order valence-electron chi connectivity index (χ0n) is 11.0. The van der Waals surface area contributed by atoms with Crippen LogP contribution in [0.1, 0.15) is 28.0 Å². The molecule has 0 N–H and O–H groups in total. The van der Waals surface area contributed by atoms with E-state index < -0.39 is 10.9 Å². The van der Waals surface area contributed by atoms with Crippen LogP contribution in [0.2, 0.25) is 5.02 Å². The predicted octanol–water partition coefficient (Wildman–Crippen LogP) is 3.62. The number of carbonyl (C=O) groups excluding carboxylic acids is 1. The molecule has 0 bridgehead atoms. The highest BCUT2D eigenvalue weighted by atomic mass is 35.5. The lowest BCUT2D eigenvalue weighted by atomic mass is 10.2. The second-order valence-corrected chi connectivity index (χ2v) is 5.46. The van der Waals surface area contributed by atoms with Crippen molar-refractivity contribution in [2.45, 2.75) is 20.0 Å². The summed E-state index contributed by atoms with van der Waals surface area (Å²) < 4.78 is 5.06. The molecule has 0 radical (unpaired) electrons. The molecular formula is C13H11ClN2O4S. The van der Waals surface area contributed by atoms with E-state index in [1.807, 2.05) is 6.92 Å². The molecule has 1 aromatic heterocycles. The maximum atomic E-state index is 11.9. The normalized spacial score (nSPS) is 10.4. The van der Waals surface area contributed by atoms with Gasteiger partial charge < -0.3 is 4.74 Å². The van der Waals surface area contributed by atoms with Crippen molar-refractivity contribution in [3.63, 3.8) is 0 Å². The molecule has 0 unspecified atom stereocenters. The number of halogens is 1. The van der Waals surface area contributed by atoms with Crippen LogP contribution in [0.3, 0.4) is 0 Å². The molecule has 6 nitrogen and oxygen atoms in total. The molecule has 0 saturated heterocycles. The fraction of sp³-hybridized carbons (Fsp3) is 0.231. The number of carbonyl (C=O) groups is 1. The minimum absolute atomic E-state index is 0.0187. The van der Waals surface area contributed by atoms with Gasteiger partial charge >= 0.3 is 5.97 Å². The van der Waals surface area contributed by atoms with Crippen LogP contribution in [0.15, 0.2) is 23.6 Å². The van der Waals surface area contributed by atoms with Gasteiger partial charge in [-0.25, -0.2) is 9.78 Å². The number of aryl methyl sites for hydroxylation is 1. The summed E-state index contributed by atoms with van der Waals surface area (Å²) in [7, 11) is 0. The Hall–Kier alpha value is -1.99. The van der Waals surface area contributed by atoms with Crippen molar-refractivity contribution < 1.29 is 14.5 Å². The Morgan fingerprint density at radius 3 is 2.90 bits per heavy atom. The van der Waals surface area contributed by atoms with E-state index in [0.717, 1.165) is 17.5 Å². The van der Waals surface area contributed by atoms with Crippen molar-refractivity contribution in [1.82, 2.24) is 4.98 Å². The third-order valence-electron chi connectivity index (χ3n) is 2.63. The number of nitro benzene ring substituents is 1. The lowest BCUT2D eigenvalue weighted by molar-refractivity contribution is -0.385. The number of hydrogen-bond donors (Lipinski definition) is 0. The smallest absolute Gasteiger partial charge is 0.345 e. The molecule has 0 saturated carbocycles. The first-order valence-electron chi connectivity index (χ1n) is 6.05. The van der Waals surface area contributed by atoms with Crippen LogP contribution in [0, 0.1) is 10.1 Å². The first-order chi connectivity index (χ1) is 10.0. The predicted molar refractivity (Wildman–Crippen MR) is 78.7 cm³/mol. The summed E-state index contributed by atoms with van der Waals surface area (Å²) in [5, 5.41) is 13.8. The number of ether oxygens (including phenoxy) is 1. The van der Waals surface area contributed by atoms with E-state index in [1.165, 1.54) is 23.5 Å². The first kappa shape index (κ1) is 15.4. The Labute approximate surface area is 129 Å². The van der Waals surface area contributed by atoms with Crippen molar-refractivity contribution in [3.8, 4) is 0 Å². The maximum Gasteiger partial charge on any atom is 0.345 e. The summed E-state index contributed by atoms with van der Waals surface area (Å²) >= 11 is 7.17. The quantitative estimate of drug-likeness (QED) is 0.476. The average molecular weight is 327 g/mol. The van der Waals surface area contributed by atoms with Gasteiger partial charge in [0.1, 0.15) is 12.2 Å². The average Bonchev–Trinajstić information content (AvgIpc) is 2.92. The number of hydrogen-bond acceptors (Lipinski definition) is 6. The van der Waals surface area contributed by atoms with Crippen LogP contribution < -0.4 is 0 Å². The van der Waals surface area contributed by atoms with Gasteiger partial charge in [-0.1, -0.05) is 18.5 Å². The lowest BCUT2D eigenvalue weighted by Crippen LogP contribution is -2.08. The Morgan fingerprint density at radius 1 is 1.52 bits per heavy atom. The van der Waals surface area contributed by atoms with E-state index in [1.54, 1.807) is 5.38 Å². The molecule has 0 aliphatic rings. The molecule has 0 amide bonds. The zero-order valence-corrected chi connectivity index (χ0v) is 12.6. The molecule has 0 aliphatic carbocycles. The van der Waals surface area contributed by atoms with E-state index in [0.29, 0.717) is 5.69 Å². The van der Waals surface area contributed by atoms with E-state index in [-0.39, 0.29) is 22.9 Å². The number of aromatic nitrogens is 1. The highest BCUT2D eigenvalue weighted by molar-refractivity contribution is 7.09. The van der Waals surface area contributed by atoms with Crippen molar-refractivity contribution in [3.05, 3.63) is 55.0 Å². The summed E-state index contributed by atoms with van der Waals surface area (Å²) in [6.07, 6.45) is 0.807. The molecule has 0 atom stereocenters. The second kappa shape index (κ2) is 6.64. The molecule has 0 fully saturated rings. The van der Waals surface area contributed by atoms with Crippen molar-refractivity contribution in [2.75, 3.05) is 0 Å². The molecule has 1 heterocycles. The third-order valence-corrected chi connectivity index (χ3v) is 3.91. The number of rotatable bonds is 5. The minimum Gasteiger partial charge on any atom is -0.455 e. The van der Waals surface area contributed by atoms with Gasteiger partial charge in [-0.15, -0.1) is 11.3 Å². The van der Waals surface area contributed by atoms with Gasteiger partial charge in [0.15, 0.2) is 0 Å². The molecule has 8 heteroatoms. The van der Waals surface area contributed by atoms with Crippen LogP contribution in [-0.4, -0.2) is 15.9 Å². The van der Waals surface area contributed by atoms with Crippen LogP contribution >= 0.6 is 22.9 Å². The number of esters is 1. The number of benzene rings is 1. The van der Waals surface area contributed by atoms with Gasteiger partial charge in [0, 0.05) is 16.5 Å². The fourth-order valence-corrected chi connectivity index (χ4v) is 2.52. The zero-order chi connectivity index (χ0) is 15.4. The molecule has 2 aromatic rings. The molecule has 0 spiro atoms. The monoisotopic (exact) mass is 326 g/mol. The summed E-state index contributed by atoms with van der Waals surface area (Å²) in [6, 6.07) is 3.81. The molecule has 0 aliphatic heterocycles. The van der Waals surface area contributed by atoms with Crippen LogP contribution in [0.25, 0.3) is 0 Å². The summed E-state index contributed by atoms with van der Waals surface area (Å²) in [4.78, 5) is 26.4. The van der Waals surface area contributed by atoms with Crippen molar-refractivity contribution in [1.29, 1.82) is 0 Å². The van der Waals surface area contributed by atoms with E-state index in [4.69, 9.17) is 16.3 Å². The van der Waals surface area contributed by atoms with Crippen molar-refractivity contribution >= 4 is 34.6 Å². The highest BCUT2D eigenvalue weighted by Gasteiger charge is 2.22. The number of nitro groups is 1. The first-order valence-corrected chi connectivity index (χ1v) is 7.31. The van der Waals surface area contributed by atoms with Gasteiger partial charge in [-0.2, -0.15) is 0 Å². The van der Waals surface area contributed by atoms with Crippen molar-refractivity contribution in [2.24, 2.45) is 0 Å². The summed E-state index contributed by atoms with van der Waals surface area (Å²) in [6.45, 7) is 1.96. The Balaban J connectivity index is 2.11. The number of thiazole rings is 1. The van der Waals surface area contributed by atoms with Gasteiger partial charge in [0.2, 0.25) is 0 Å². The van der Waals surface area contributed by atoms with Crippen LogP contribution in [-0.2, 0) is 17.8 Å². The van der Waals surface area contributed by atoms with Gasteiger partial charge in [0.05, 0.1) is 15.6 Å². The topological polar surface area (TPSA) is 82.3 Å². The lowest BCUT2D eigenvalue weighted by Gasteiger charge is -2.04. The maximum absolute atomic E-state index is 11.9. The van der Waals surface area contributed by atoms with Crippen LogP contribution in [0.5, 0.6) is 0 Å². The van der Waals surface area contributed by atoms with E-state index >= 15 is 0 Å². The third kappa shape index (κ3) is 3.77. The van der Waals surface area contributed by atoms with Crippen LogP contribution in [0.4, 0.5) is 5.69 Å².